The van der Waals surface area contributed by atoms with E-state index >= 15 is 0 Å². The molecule has 2 aromatic carbocycles. The molecule has 21 heavy (non-hydrogen) atoms. The fraction of sp³-hybridized carbons (Fsp3) is 0.133. The van der Waals surface area contributed by atoms with Crippen LogP contribution >= 0.6 is 15.9 Å². The van der Waals surface area contributed by atoms with Crippen LogP contribution in [0.4, 0.5) is 10.1 Å². The first-order valence-corrected chi connectivity index (χ1v) is 6.92. The molecule has 110 valence electrons. The highest BCUT2D eigenvalue weighted by molar-refractivity contribution is 9.10. The third kappa shape index (κ3) is 4.75. The van der Waals surface area contributed by atoms with Crippen molar-refractivity contribution in [2.75, 3.05) is 12.3 Å². The third-order valence-corrected chi connectivity index (χ3v) is 3.11. The Kier molecular flexibility index (Phi) is 5.16. The van der Waals surface area contributed by atoms with E-state index in [1.165, 1.54) is 6.07 Å². The lowest BCUT2D eigenvalue weighted by molar-refractivity contribution is -0.147. The van der Waals surface area contributed by atoms with Gasteiger partial charge in [0.15, 0.2) is 6.61 Å². The van der Waals surface area contributed by atoms with Crippen LogP contribution in [0.15, 0.2) is 46.9 Å². The lowest BCUT2D eigenvalue weighted by Gasteiger charge is -2.08. The second kappa shape index (κ2) is 7.08. The van der Waals surface area contributed by atoms with E-state index in [0.717, 1.165) is 0 Å². The summed E-state index contributed by atoms with van der Waals surface area (Å²) < 4.78 is 24.3. The molecule has 2 N–H and O–H groups in total. The summed E-state index contributed by atoms with van der Waals surface area (Å²) in [6.07, 6.45) is 0. The van der Waals surface area contributed by atoms with E-state index in [0.29, 0.717) is 21.5 Å². The van der Waals surface area contributed by atoms with Crippen LogP contribution < -0.4 is 10.5 Å². The Morgan fingerprint density at radius 3 is 2.76 bits per heavy atom. The molecule has 0 saturated heterocycles. The highest BCUT2D eigenvalue weighted by Gasteiger charge is 2.08. The maximum atomic E-state index is 13.5. The van der Waals surface area contributed by atoms with E-state index in [4.69, 9.17) is 15.2 Å². The van der Waals surface area contributed by atoms with Crippen molar-refractivity contribution in [1.29, 1.82) is 0 Å². The van der Waals surface area contributed by atoms with Crippen LogP contribution in [0.5, 0.6) is 5.75 Å². The number of hydrogen-bond donors (Lipinski definition) is 1. The average molecular weight is 354 g/mol. The molecule has 0 fully saturated rings. The van der Waals surface area contributed by atoms with Gasteiger partial charge in [0.1, 0.15) is 18.2 Å². The summed E-state index contributed by atoms with van der Waals surface area (Å²) in [4.78, 5) is 11.5. The van der Waals surface area contributed by atoms with Crippen LogP contribution in [0.3, 0.4) is 0 Å². The number of rotatable bonds is 5. The Morgan fingerprint density at radius 1 is 1.24 bits per heavy atom. The van der Waals surface area contributed by atoms with Crippen LogP contribution in [0.25, 0.3) is 0 Å². The summed E-state index contributed by atoms with van der Waals surface area (Å²) in [6, 6.07) is 11.2. The molecule has 0 aromatic heterocycles. The zero-order valence-corrected chi connectivity index (χ0v) is 12.6. The Labute approximate surface area is 129 Å². The lowest BCUT2D eigenvalue weighted by atomic mass is 10.2. The summed E-state index contributed by atoms with van der Waals surface area (Å²) in [5, 5.41) is 0. The molecule has 0 unspecified atom stereocenters. The number of hydrogen-bond acceptors (Lipinski definition) is 4. The normalized spacial score (nSPS) is 10.2. The zero-order valence-electron chi connectivity index (χ0n) is 11.0. The van der Waals surface area contributed by atoms with Gasteiger partial charge in [-0.25, -0.2) is 9.18 Å². The van der Waals surface area contributed by atoms with E-state index in [-0.39, 0.29) is 13.2 Å². The molecule has 0 amide bonds. The van der Waals surface area contributed by atoms with E-state index in [1.807, 2.05) is 0 Å². The Morgan fingerprint density at radius 2 is 2.05 bits per heavy atom. The second-order valence-corrected chi connectivity index (χ2v) is 5.17. The van der Waals surface area contributed by atoms with E-state index in [1.54, 1.807) is 36.4 Å². The van der Waals surface area contributed by atoms with Crippen LogP contribution in [-0.2, 0) is 16.1 Å². The van der Waals surface area contributed by atoms with Gasteiger partial charge >= 0.3 is 5.97 Å². The van der Waals surface area contributed by atoms with Gasteiger partial charge < -0.3 is 15.2 Å². The molecule has 4 nitrogen and oxygen atoms in total. The second-order valence-electron chi connectivity index (χ2n) is 4.26. The average Bonchev–Trinajstić information content (AvgIpc) is 2.44. The van der Waals surface area contributed by atoms with Crippen LogP contribution in [0, 0.1) is 5.82 Å². The summed E-state index contributed by atoms with van der Waals surface area (Å²) in [5.41, 5.74) is 6.43. The molecule has 0 radical (unpaired) electrons. The van der Waals surface area contributed by atoms with Crippen molar-refractivity contribution in [3.63, 3.8) is 0 Å². The molecule has 6 heteroatoms. The van der Waals surface area contributed by atoms with Gasteiger partial charge in [0.25, 0.3) is 0 Å². The molecule has 0 spiro atoms. The number of carbonyl (C=O) groups is 1. The summed E-state index contributed by atoms with van der Waals surface area (Å²) in [7, 11) is 0. The Balaban J connectivity index is 1.82. The first-order valence-electron chi connectivity index (χ1n) is 6.12. The number of ether oxygens (including phenoxy) is 2. The van der Waals surface area contributed by atoms with Crippen molar-refractivity contribution in [1.82, 2.24) is 0 Å². The van der Waals surface area contributed by atoms with Crippen molar-refractivity contribution >= 4 is 27.6 Å². The maximum Gasteiger partial charge on any atom is 0.344 e. The van der Waals surface area contributed by atoms with Crippen molar-refractivity contribution in [3.05, 3.63) is 58.3 Å². The summed E-state index contributed by atoms with van der Waals surface area (Å²) >= 11 is 3.15. The van der Waals surface area contributed by atoms with Crippen molar-refractivity contribution < 1.29 is 18.7 Å². The number of benzene rings is 2. The minimum atomic E-state index is -0.584. The highest BCUT2D eigenvalue weighted by atomic mass is 79.9. The van der Waals surface area contributed by atoms with Gasteiger partial charge in [-0.15, -0.1) is 0 Å². The molecule has 0 heterocycles. The standard InChI is InChI=1S/C15H13BrFNO3/c16-11-5-4-10(14(17)6-11)8-21-15(19)9-20-13-3-1-2-12(18)7-13/h1-7H,8-9,18H2. The van der Waals surface area contributed by atoms with E-state index in [2.05, 4.69) is 15.9 Å². The highest BCUT2D eigenvalue weighted by Crippen LogP contribution is 2.16. The first kappa shape index (κ1) is 15.3. The van der Waals surface area contributed by atoms with Gasteiger partial charge in [0.2, 0.25) is 0 Å². The summed E-state index contributed by atoms with van der Waals surface area (Å²) in [5.74, 6) is -0.546. The molecule has 0 bridgehead atoms. The number of halogens is 2. The molecule has 0 atom stereocenters. The lowest BCUT2D eigenvalue weighted by Crippen LogP contribution is -2.15. The molecular weight excluding hydrogens is 341 g/mol. The van der Waals surface area contributed by atoms with Gasteiger partial charge in [-0.1, -0.05) is 28.1 Å². The fourth-order valence-electron chi connectivity index (χ4n) is 1.59. The van der Waals surface area contributed by atoms with Crippen molar-refractivity contribution in [2.45, 2.75) is 6.61 Å². The van der Waals surface area contributed by atoms with Crippen LogP contribution in [0.2, 0.25) is 0 Å². The SMILES string of the molecule is Nc1cccc(OCC(=O)OCc2ccc(Br)cc2F)c1. The molecule has 0 aliphatic carbocycles. The summed E-state index contributed by atoms with van der Waals surface area (Å²) in [6.45, 7) is -0.403. The van der Waals surface area contributed by atoms with Crippen molar-refractivity contribution in [2.24, 2.45) is 0 Å². The molecule has 2 aromatic rings. The Bertz CT molecular complexity index is 649. The van der Waals surface area contributed by atoms with Crippen molar-refractivity contribution in [3.8, 4) is 5.75 Å². The molecule has 0 saturated carbocycles. The monoisotopic (exact) mass is 353 g/mol. The van der Waals surface area contributed by atoms with E-state index < -0.39 is 11.8 Å². The minimum absolute atomic E-state index is 0.141. The zero-order chi connectivity index (χ0) is 15.2. The topological polar surface area (TPSA) is 61.5 Å². The molecule has 0 aliphatic rings. The van der Waals surface area contributed by atoms with Gasteiger partial charge in [-0.2, -0.15) is 0 Å². The van der Waals surface area contributed by atoms with Gasteiger partial charge in [0, 0.05) is 21.8 Å². The fourth-order valence-corrected chi connectivity index (χ4v) is 1.92. The number of anilines is 1. The smallest absolute Gasteiger partial charge is 0.344 e. The molecule has 0 aliphatic heterocycles. The number of carbonyl (C=O) groups excluding carboxylic acids is 1. The first-order chi connectivity index (χ1) is 10.0. The molecular formula is C15H13BrFNO3. The number of nitrogen functional groups attached to an aromatic ring is 1. The molecule has 2 rings (SSSR count). The number of esters is 1. The maximum absolute atomic E-state index is 13.5. The number of nitrogens with two attached hydrogens (primary N) is 1. The van der Waals surface area contributed by atoms with E-state index in [9.17, 15) is 9.18 Å². The quantitative estimate of drug-likeness (QED) is 0.661. The van der Waals surface area contributed by atoms with Crippen LogP contribution in [-0.4, -0.2) is 12.6 Å². The largest absolute Gasteiger partial charge is 0.482 e. The predicted octanol–water partition coefficient (Wildman–Crippen LogP) is 3.29. The predicted molar refractivity (Wildman–Crippen MR) is 80.2 cm³/mol. The minimum Gasteiger partial charge on any atom is -0.482 e. The van der Waals surface area contributed by atoms with Gasteiger partial charge in [-0.3, -0.25) is 0 Å². The third-order valence-electron chi connectivity index (χ3n) is 2.62. The van der Waals surface area contributed by atoms with Gasteiger partial charge in [0.05, 0.1) is 0 Å². The Hall–Kier alpha value is -2.08. The van der Waals surface area contributed by atoms with Gasteiger partial charge in [-0.05, 0) is 24.3 Å². The van der Waals surface area contributed by atoms with Crippen LogP contribution in [0.1, 0.15) is 5.56 Å².